The Morgan fingerprint density at radius 2 is 0.857 bits per heavy atom. The van der Waals surface area contributed by atoms with Crippen LogP contribution in [0.1, 0.15) is 0 Å². The van der Waals surface area contributed by atoms with Gasteiger partial charge in [-0.2, -0.15) is 0 Å². The summed E-state index contributed by atoms with van der Waals surface area (Å²) in [7, 11) is -4.61. The van der Waals surface area contributed by atoms with Gasteiger partial charge in [-0.25, -0.2) is 0 Å². The Hall–Kier alpha value is 1.50. The monoisotopic (exact) mass is 203 g/mol. The summed E-state index contributed by atoms with van der Waals surface area (Å²) in [4.78, 5) is 29.3. The Labute approximate surface area is 78.9 Å². The second kappa shape index (κ2) is 5.63. The van der Waals surface area contributed by atoms with Gasteiger partial charge in [-0.15, -0.1) is 0 Å². The molecule has 0 aromatic heterocycles. The molecule has 5 nitrogen and oxygen atoms in total. The summed E-state index contributed by atoms with van der Waals surface area (Å²) in [5.41, 5.74) is 0. The standard InChI is InChI=1S/H3N.H4O4Si.Sr.2H/c;1-5(2,3)4;;;/h1H3;1-4H;;;. The third kappa shape index (κ3) is 101. The van der Waals surface area contributed by atoms with Crippen molar-refractivity contribution in [1.29, 1.82) is 0 Å². The van der Waals surface area contributed by atoms with Crippen LogP contribution in [0.3, 0.4) is 0 Å². The Kier molecular flexibility index (Phi) is 12.7. The molecule has 0 fully saturated rings. The van der Waals surface area contributed by atoms with Gasteiger partial charge in [-0.05, 0) is 0 Å². The van der Waals surface area contributed by atoms with E-state index < -0.39 is 9.05 Å². The molecule has 0 unspecified atom stereocenters. The average molecular weight is 203 g/mol. The molecule has 44 valence electrons. The van der Waals surface area contributed by atoms with E-state index >= 15 is 0 Å². The molecule has 0 amide bonds. The molecule has 0 aromatic rings. The van der Waals surface area contributed by atoms with E-state index in [2.05, 4.69) is 0 Å². The quantitative estimate of drug-likeness (QED) is 0.263. The summed E-state index contributed by atoms with van der Waals surface area (Å²) in [6.07, 6.45) is 0. The first-order valence-corrected chi connectivity index (χ1v) is 2.68. The van der Waals surface area contributed by atoms with E-state index in [1.54, 1.807) is 0 Å². The van der Waals surface area contributed by atoms with Crippen LogP contribution in [0, 0.1) is 0 Å². The van der Waals surface area contributed by atoms with Crippen LogP contribution >= 0.6 is 0 Å². The number of rotatable bonds is 0. The normalized spacial score (nSPS) is 8.57. The molecule has 7 heavy (non-hydrogen) atoms. The summed E-state index contributed by atoms with van der Waals surface area (Å²) in [5.74, 6) is 0. The van der Waals surface area contributed by atoms with Crippen LogP contribution in [0.4, 0.5) is 0 Å². The zero-order chi connectivity index (χ0) is 4.50. The first-order chi connectivity index (χ1) is 2.00. The van der Waals surface area contributed by atoms with Gasteiger partial charge < -0.3 is 25.3 Å². The predicted molar refractivity (Wildman–Crippen MR) is 28.2 cm³/mol. The zero-order valence-corrected chi connectivity index (χ0v) is 4.00. The van der Waals surface area contributed by atoms with Crippen molar-refractivity contribution in [1.82, 2.24) is 6.15 Å². The fraction of sp³-hybridized carbons (Fsp3) is 0. The third-order valence-corrected chi connectivity index (χ3v) is 0. The first-order valence-electron chi connectivity index (χ1n) is 0.894. The second-order valence-corrected chi connectivity index (χ2v) is 1.80. The average Bonchev–Trinajstić information content (AvgIpc) is 0.722. The van der Waals surface area contributed by atoms with Crippen molar-refractivity contribution in [2.45, 2.75) is 0 Å². The van der Waals surface area contributed by atoms with Gasteiger partial charge in [0.15, 0.2) is 0 Å². The van der Waals surface area contributed by atoms with Crippen molar-refractivity contribution < 1.29 is 19.2 Å². The van der Waals surface area contributed by atoms with Crippen LogP contribution in [0.25, 0.3) is 0 Å². The van der Waals surface area contributed by atoms with Gasteiger partial charge in [0.05, 0.1) is 0 Å². The van der Waals surface area contributed by atoms with E-state index in [9.17, 15) is 0 Å². The molecule has 0 aromatic carbocycles. The molecule has 0 rings (SSSR count). The van der Waals surface area contributed by atoms with Crippen molar-refractivity contribution in [2.75, 3.05) is 0 Å². The molecule has 0 heterocycles. The number of hydrogen-bond acceptors (Lipinski definition) is 5. The third-order valence-electron chi connectivity index (χ3n) is 0. The molecule has 0 aliphatic rings. The van der Waals surface area contributed by atoms with Gasteiger partial charge in [0.1, 0.15) is 0 Å². The molecule has 0 spiro atoms. The molecule has 0 saturated carbocycles. The summed E-state index contributed by atoms with van der Waals surface area (Å²) in [6, 6.07) is 0. The van der Waals surface area contributed by atoms with Gasteiger partial charge in [0, 0.05) is 0 Å². The maximum absolute atomic E-state index is 7.33. The predicted octanol–water partition coefficient (Wildman–Crippen LogP) is -3.36. The SMILES string of the molecule is N.O[Si](O)(O)O.[SrH2]. The van der Waals surface area contributed by atoms with Crippen molar-refractivity contribution in [3.63, 3.8) is 0 Å². The van der Waals surface area contributed by atoms with E-state index in [1.165, 1.54) is 0 Å². The van der Waals surface area contributed by atoms with E-state index in [0.29, 0.717) is 0 Å². The van der Waals surface area contributed by atoms with Crippen molar-refractivity contribution >= 4 is 54.5 Å². The van der Waals surface area contributed by atoms with Crippen molar-refractivity contribution in [3.05, 3.63) is 0 Å². The van der Waals surface area contributed by atoms with Crippen LogP contribution < -0.4 is 6.15 Å². The molecule has 0 aliphatic carbocycles. The first kappa shape index (κ1) is 15.8. The van der Waals surface area contributed by atoms with Crippen LogP contribution in [0.2, 0.25) is 0 Å². The van der Waals surface area contributed by atoms with Crippen LogP contribution in [-0.4, -0.2) is 73.7 Å². The van der Waals surface area contributed by atoms with Gasteiger partial charge in [-0.1, -0.05) is 0 Å². The Morgan fingerprint density at radius 3 is 0.857 bits per heavy atom. The number of hydrogen-bond donors (Lipinski definition) is 5. The zero-order valence-electron chi connectivity index (χ0n) is 3.00. The van der Waals surface area contributed by atoms with Crippen molar-refractivity contribution in [3.8, 4) is 0 Å². The van der Waals surface area contributed by atoms with E-state index in [1.807, 2.05) is 0 Å². The summed E-state index contributed by atoms with van der Waals surface area (Å²) in [5, 5.41) is 0. The molecule has 0 aliphatic heterocycles. The van der Waals surface area contributed by atoms with Gasteiger partial charge in [-0.3, -0.25) is 0 Å². The van der Waals surface area contributed by atoms with E-state index in [0.717, 1.165) is 0 Å². The molecule has 0 bridgehead atoms. The minimum atomic E-state index is -4.61. The fourth-order valence-corrected chi connectivity index (χ4v) is 0. The van der Waals surface area contributed by atoms with Gasteiger partial charge in [0.2, 0.25) is 0 Å². The summed E-state index contributed by atoms with van der Waals surface area (Å²) in [6.45, 7) is 0. The maximum atomic E-state index is 7.33. The molecule has 0 saturated heterocycles. The molecule has 0 radical (unpaired) electrons. The van der Waals surface area contributed by atoms with Gasteiger partial charge >= 0.3 is 54.5 Å². The van der Waals surface area contributed by atoms with Crippen LogP contribution in [0.5, 0.6) is 0 Å². The summed E-state index contributed by atoms with van der Waals surface area (Å²) >= 11 is 0. The second-order valence-electron chi connectivity index (χ2n) is 0.600. The minimum absolute atomic E-state index is 0. The van der Waals surface area contributed by atoms with E-state index in [4.69, 9.17) is 19.2 Å². The Bertz CT molecular complexity index is 27.2. The molecule has 0 atom stereocenters. The van der Waals surface area contributed by atoms with Crippen molar-refractivity contribution in [2.24, 2.45) is 0 Å². The Balaban J connectivity index is -0.0000000800. The van der Waals surface area contributed by atoms with Gasteiger partial charge in [0.25, 0.3) is 0 Å². The fourth-order valence-electron chi connectivity index (χ4n) is 0. The molecule has 7 heteroatoms. The van der Waals surface area contributed by atoms with E-state index in [-0.39, 0.29) is 51.6 Å². The Morgan fingerprint density at radius 1 is 0.857 bits per heavy atom. The molecular formula is H9NO4SiSr. The molecular weight excluding hydrogens is 194 g/mol. The topological polar surface area (TPSA) is 116 Å². The molecule has 7 N–H and O–H groups in total. The summed E-state index contributed by atoms with van der Waals surface area (Å²) < 4.78 is 0. The van der Waals surface area contributed by atoms with Crippen LogP contribution in [0.15, 0.2) is 0 Å². The van der Waals surface area contributed by atoms with Crippen LogP contribution in [-0.2, 0) is 0 Å².